The van der Waals surface area contributed by atoms with Crippen molar-refractivity contribution in [2.24, 2.45) is 0 Å². The fraction of sp³-hybridized carbons (Fsp3) is 0.375. The van der Waals surface area contributed by atoms with Crippen LogP contribution in [0.4, 0.5) is 0 Å². The van der Waals surface area contributed by atoms with Gasteiger partial charge < -0.3 is 4.74 Å². The molecule has 1 aromatic heterocycles. The molecule has 1 aromatic carbocycles. The molecule has 2 aromatic rings. The van der Waals surface area contributed by atoms with Crippen molar-refractivity contribution in [2.45, 2.75) is 37.8 Å². The summed E-state index contributed by atoms with van der Waals surface area (Å²) in [5, 5.41) is 0.981. The molecule has 0 amide bonds. The fourth-order valence-corrected chi connectivity index (χ4v) is 2.41. The Morgan fingerprint density at radius 1 is 1.19 bits per heavy atom. The largest absolute Gasteiger partial charge is 0.439 e. The monoisotopic (exact) mass is 322 g/mol. The molecule has 0 aliphatic rings. The van der Waals surface area contributed by atoms with E-state index in [1.807, 2.05) is 18.4 Å². The molecule has 5 heteroatoms. The van der Waals surface area contributed by atoms with Crippen LogP contribution in [0.3, 0.4) is 0 Å². The van der Waals surface area contributed by atoms with Crippen molar-refractivity contribution in [3.8, 4) is 11.6 Å². The molecule has 2 rings (SSSR count). The van der Waals surface area contributed by atoms with Crippen molar-refractivity contribution in [1.29, 1.82) is 0 Å². The fourth-order valence-electron chi connectivity index (χ4n) is 1.82. The number of halogens is 1. The van der Waals surface area contributed by atoms with E-state index in [2.05, 4.69) is 42.9 Å². The quantitative estimate of drug-likeness (QED) is 0.423. The maximum Gasteiger partial charge on any atom is 0.224 e. The van der Waals surface area contributed by atoms with Gasteiger partial charge in [-0.25, -0.2) is 4.98 Å². The first kappa shape index (κ1) is 16.1. The molecule has 0 unspecified atom stereocenters. The summed E-state index contributed by atoms with van der Waals surface area (Å²) in [5.41, 5.74) is 1.46. The van der Waals surface area contributed by atoms with E-state index in [9.17, 15) is 0 Å². The Morgan fingerprint density at radius 3 is 2.43 bits per heavy atom. The summed E-state index contributed by atoms with van der Waals surface area (Å²) < 4.78 is 5.75. The molecule has 0 fully saturated rings. The van der Waals surface area contributed by atoms with Crippen LogP contribution in [0.2, 0.25) is 5.15 Å². The molecule has 0 atom stereocenters. The SMILES string of the molecule is CCC(C)(C)c1ccc(Oc2cc(Cl)nc(SC)n2)cc1. The number of hydrogen-bond acceptors (Lipinski definition) is 4. The van der Waals surface area contributed by atoms with E-state index in [1.54, 1.807) is 6.07 Å². The van der Waals surface area contributed by atoms with Crippen molar-refractivity contribution < 1.29 is 4.74 Å². The number of hydrogen-bond donors (Lipinski definition) is 0. The van der Waals surface area contributed by atoms with Crippen LogP contribution in [0.5, 0.6) is 11.6 Å². The maximum atomic E-state index is 5.95. The maximum absolute atomic E-state index is 5.95. The second kappa shape index (κ2) is 6.67. The minimum absolute atomic E-state index is 0.169. The van der Waals surface area contributed by atoms with E-state index in [0.29, 0.717) is 16.2 Å². The number of benzene rings is 1. The predicted molar refractivity (Wildman–Crippen MR) is 88.7 cm³/mol. The zero-order valence-corrected chi connectivity index (χ0v) is 14.3. The summed E-state index contributed by atoms with van der Waals surface area (Å²) in [5.74, 6) is 1.20. The molecule has 0 spiro atoms. The molecule has 1 heterocycles. The van der Waals surface area contributed by atoms with Gasteiger partial charge in [0.15, 0.2) is 5.16 Å². The van der Waals surface area contributed by atoms with Crippen LogP contribution in [0.1, 0.15) is 32.8 Å². The van der Waals surface area contributed by atoms with E-state index in [0.717, 1.165) is 12.2 Å². The molecule has 0 bridgehead atoms. The first-order valence-electron chi connectivity index (χ1n) is 6.81. The molecule has 0 saturated carbocycles. The minimum Gasteiger partial charge on any atom is -0.439 e. The van der Waals surface area contributed by atoms with Gasteiger partial charge in [0.25, 0.3) is 0 Å². The molecule has 0 radical (unpaired) electrons. The lowest BCUT2D eigenvalue weighted by molar-refractivity contribution is 0.453. The zero-order valence-electron chi connectivity index (χ0n) is 12.7. The summed E-state index contributed by atoms with van der Waals surface area (Å²) >= 11 is 7.38. The molecule has 3 nitrogen and oxygen atoms in total. The minimum atomic E-state index is 0.169. The number of thioether (sulfide) groups is 1. The van der Waals surface area contributed by atoms with Gasteiger partial charge in [-0.15, -0.1) is 0 Å². The molecule has 0 saturated heterocycles. The molecule has 112 valence electrons. The van der Waals surface area contributed by atoms with Gasteiger partial charge in [-0.3, -0.25) is 0 Å². The van der Waals surface area contributed by atoms with Gasteiger partial charge >= 0.3 is 0 Å². The predicted octanol–water partition coefficient (Wildman–Crippen LogP) is 5.33. The number of aromatic nitrogens is 2. The lowest BCUT2D eigenvalue weighted by Crippen LogP contribution is -2.14. The van der Waals surface area contributed by atoms with Crippen LogP contribution in [0, 0.1) is 0 Å². The van der Waals surface area contributed by atoms with Crippen LogP contribution < -0.4 is 4.74 Å². The highest BCUT2D eigenvalue weighted by molar-refractivity contribution is 7.98. The van der Waals surface area contributed by atoms with Crippen molar-refractivity contribution >= 4 is 23.4 Å². The third-order valence-electron chi connectivity index (χ3n) is 3.58. The number of nitrogens with zero attached hydrogens (tertiary/aromatic N) is 2. The Bertz CT molecular complexity index is 614. The van der Waals surface area contributed by atoms with E-state index >= 15 is 0 Å². The lowest BCUT2D eigenvalue weighted by atomic mass is 9.82. The van der Waals surface area contributed by atoms with Crippen molar-refractivity contribution in [3.05, 3.63) is 41.0 Å². The van der Waals surface area contributed by atoms with E-state index in [4.69, 9.17) is 16.3 Å². The standard InChI is InChI=1S/C16H19ClN2OS/c1-5-16(2,3)11-6-8-12(9-7-11)20-14-10-13(17)18-15(19-14)21-4/h6-10H,5H2,1-4H3. The second-order valence-electron chi connectivity index (χ2n) is 5.38. The topological polar surface area (TPSA) is 35.0 Å². The van der Waals surface area contributed by atoms with Gasteiger partial charge in [0.1, 0.15) is 10.9 Å². The highest BCUT2D eigenvalue weighted by Gasteiger charge is 2.17. The highest BCUT2D eigenvalue weighted by atomic mass is 35.5. The number of ether oxygens (including phenoxy) is 1. The van der Waals surface area contributed by atoms with E-state index < -0.39 is 0 Å². The van der Waals surface area contributed by atoms with Crippen LogP contribution in [0.15, 0.2) is 35.5 Å². The van der Waals surface area contributed by atoms with Gasteiger partial charge in [-0.1, -0.05) is 56.3 Å². The highest BCUT2D eigenvalue weighted by Crippen LogP contribution is 2.30. The Hall–Kier alpha value is -1.26. The summed E-state index contributed by atoms with van der Waals surface area (Å²) in [6, 6.07) is 9.72. The van der Waals surface area contributed by atoms with Crippen LogP contribution in [0.25, 0.3) is 0 Å². The normalized spacial score (nSPS) is 11.5. The molecule has 21 heavy (non-hydrogen) atoms. The Morgan fingerprint density at radius 2 is 1.86 bits per heavy atom. The third kappa shape index (κ3) is 4.11. The number of rotatable bonds is 5. The van der Waals surface area contributed by atoms with Crippen molar-refractivity contribution in [1.82, 2.24) is 9.97 Å². The molecule has 0 aliphatic carbocycles. The van der Waals surface area contributed by atoms with Gasteiger partial charge in [0, 0.05) is 6.07 Å². The molecule has 0 N–H and O–H groups in total. The summed E-state index contributed by atoms with van der Waals surface area (Å²) in [6.45, 7) is 6.66. The van der Waals surface area contributed by atoms with Gasteiger partial charge in [0.05, 0.1) is 0 Å². The van der Waals surface area contributed by atoms with Crippen LogP contribution >= 0.6 is 23.4 Å². The summed E-state index contributed by atoms with van der Waals surface area (Å²) in [7, 11) is 0. The average Bonchev–Trinajstić information content (AvgIpc) is 2.47. The Balaban J connectivity index is 2.19. The summed E-state index contributed by atoms with van der Waals surface area (Å²) in [4.78, 5) is 8.37. The van der Waals surface area contributed by atoms with E-state index in [1.165, 1.54) is 17.3 Å². The molecular weight excluding hydrogens is 304 g/mol. The average molecular weight is 323 g/mol. The van der Waals surface area contributed by atoms with E-state index in [-0.39, 0.29) is 5.41 Å². The van der Waals surface area contributed by atoms with Gasteiger partial charge in [-0.2, -0.15) is 4.98 Å². The smallest absolute Gasteiger partial charge is 0.224 e. The Kier molecular flexibility index (Phi) is 5.12. The van der Waals surface area contributed by atoms with Gasteiger partial charge in [-0.05, 0) is 35.8 Å². The van der Waals surface area contributed by atoms with Gasteiger partial charge in [0.2, 0.25) is 5.88 Å². The van der Waals surface area contributed by atoms with Crippen LogP contribution in [-0.2, 0) is 5.41 Å². The first-order chi connectivity index (χ1) is 9.94. The Labute approximate surface area is 135 Å². The third-order valence-corrected chi connectivity index (χ3v) is 4.32. The lowest BCUT2D eigenvalue weighted by Gasteiger charge is -2.23. The first-order valence-corrected chi connectivity index (χ1v) is 8.42. The zero-order chi connectivity index (χ0) is 15.5. The molecule has 0 aliphatic heterocycles. The van der Waals surface area contributed by atoms with Crippen molar-refractivity contribution in [2.75, 3.05) is 6.26 Å². The summed E-state index contributed by atoms with van der Waals surface area (Å²) in [6.07, 6.45) is 2.99. The molecular formula is C16H19ClN2OS. The van der Waals surface area contributed by atoms with Crippen molar-refractivity contribution in [3.63, 3.8) is 0 Å². The second-order valence-corrected chi connectivity index (χ2v) is 6.54. The van der Waals surface area contributed by atoms with Crippen LogP contribution in [-0.4, -0.2) is 16.2 Å².